The summed E-state index contributed by atoms with van der Waals surface area (Å²) >= 11 is 1.59. The van der Waals surface area contributed by atoms with E-state index in [0.717, 1.165) is 24.1 Å². The minimum Gasteiger partial charge on any atom is -0.353 e. The van der Waals surface area contributed by atoms with Gasteiger partial charge in [-0.15, -0.1) is 11.3 Å². The predicted molar refractivity (Wildman–Crippen MR) is 80.9 cm³/mol. The molecule has 2 aromatic rings. The normalized spacial score (nSPS) is 15.4. The molecule has 0 radical (unpaired) electrons. The number of hydrogen-bond donors (Lipinski definition) is 1. The van der Waals surface area contributed by atoms with Crippen LogP contribution in [-0.4, -0.2) is 22.1 Å². The van der Waals surface area contributed by atoms with Crippen molar-refractivity contribution in [2.24, 2.45) is 0 Å². The van der Waals surface area contributed by atoms with Gasteiger partial charge < -0.3 is 9.84 Å². The van der Waals surface area contributed by atoms with Crippen LogP contribution in [0.5, 0.6) is 0 Å². The van der Waals surface area contributed by atoms with Crippen LogP contribution in [0.3, 0.4) is 0 Å². The van der Waals surface area contributed by atoms with Crippen molar-refractivity contribution in [3.63, 3.8) is 0 Å². The van der Waals surface area contributed by atoms with Crippen LogP contribution in [0.15, 0.2) is 22.0 Å². The van der Waals surface area contributed by atoms with Crippen LogP contribution in [0.25, 0.3) is 10.7 Å². The molecule has 1 fully saturated rings. The molecule has 0 unspecified atom stereocenters. The standard InChI is InChI=1S/C15H19N3O2S/c19-13(16-11-5-1-2-6-11)8-3-9-14-17-15(18-20-14)12-7-4-10-21-12/h4,7,10-11H,1-3,5-6,8-9H2,(H,16,19). The highest BCUT2D eigenvalue weighted by Crippen LogP contribution is 2.21. The second-order valence-electron chi connectivity index (χ2n) is 5.39. The number of hydrogen-bond acceptors (Lipinski definition) is 5. The van der Waals surface area contributed by atoms with E-state index >= 15 is 0 Å². The summed E-state index contributed by atoms with van der Waals surface area (Å²) in [6.07, 6.45) is 6.63. The second-order valence-corrected chi connectivity index (χ2v) is 6.34. The maximum Gasteiger partial charge on any atom is 0.226 e. The average molecular weight is 305 g/mol. The summed E-state index contributed by atoms with van der Waals surface area (Å²) in [6.45, 7) is 0. The van der Waals surface area contributed by atoms with E-state index < -0.39 is 0 Å². The van der Waals surface area contributed by atoms with Crippen molar-refractivity contribution in [3.05, 3.63) is 23.4 Å². The number of nitrogens with zero attached hydrogens (tertiary/aromatic N) is 2. The van der Waals surface area contributed by atoms with Gasteiger partial charge >= 0.3 is 0 Å². The van der Waals surface area contributed by atoms with Crippen LogP contribution in [0.2, 0.25) is 0 Å². The third-order valence-electron chi connectivity index (χ3n) is 3.72. The molecule has 6 heteroatoms. The summed E-state index contributed by atoms with van der Waals surface area (Å²) in [6, 6.07) is 4.32. The lowest BCUT2D eigenvalue weighted by atomic mass is 10.2. The maximum absolute atomic E-state index is 11.8. The van der Waals surface area contributed by atoms with Gasteiger partial charge in [-0.1, -0.05) is 24.1 Å². The first-order valence-corrected chi connectivity index (χ1v) is 8.35. The molecule has 21 heavy (non-hydrogen) atoms. The van der Waals surface area contributed by atoms with Crippen LogP contribution in [0.1, 0.15) is 44.4 Å². The number of aryl methyl sites for hydroxylation is 1. The smallest absolute Gasteiger partial charge is 0.226 e. The first kappa shape index (κ1) is 14.3. The van der Waals surface area contributed by atoms with Crippen LogP contribution in [0, 0.1) is 0 Å². The molecular weight excluding hydrogens is 286 g/mol. The lowest BCUT2D eigenvalue weighted by molar-refractivity contribution is -0.121. The first-order chi connectivity index (χ1) is 10.3. The van der Waals surface area contributed by atoms with E-state index in [1.54, 1.807) is 11.3 Å². The summed E-state index contributed by atoms with van der Waals surface area (Å²) in [4.78, 5) is 17.2. The molecule has 0 aliphatic heterocycles. The molecule has 5 nitrogen and oxygen atoms in total. The molecule has 1 amide bonds. The fraction of sp³-hybridized carbons (Fsp3) is 0.533. The molecule has 1 aliphatic rings. The van der Waals surface area contributed by atoms with Gasteiger partial charge in [0.15, 0.2) is 0 Å². The van der Waals surface area contributed by atoms with Crippen molar-refractivity contribution in [1.29, 1.82) is 0 Å². The fourth-order valence-electron chi connectivity index (χ4n) is 2.63. The monoisotopic (exact) mass is 305 g/mol. The van der Waals surface area contributed by atoms with E-state index in [1.165, 1.54) is 12.8 Å². The predicted octanol–water partition coefficient (Wildman–Crippen LogP) is 3.18. The van der Waals surface area contributed by atoms with Gasteiger partial charge in [0, 0.05) is 18.9 Å². The highest BCUT2D eigenvalue weighted by Gasteiger charge is 2.17. The summed E-state index contributed by atoms with van der Waals surface area (Å²) in [5, 5.41) is 9.04. The van der Waals surface area contributed by atoms with Crippen LogP contribution >= 0.6 is 11.3 Å². The van der Waals surface area contributed by atoms with Crippen LogP contribution < -0.4 is 5.32 Å². The molecule has 3 rings (SSSR count). The molecule has 0 aromatic carbocycles. The molecular formula is C15H19N3O2S. The van der Waals surface area contributed by atoms with Gasteiger partial charge in [-0.2, -0.15) is 4.98 Å². The molecule has 1 N–H and O–H groups in total. The quantitative estimate of drug-likeness (QED) is 0.890. The van der Waals surface area contributed by atoms with Crippen molar-refractivity contribution in [2.75, 3.05) is 0 Å². The number of carbonyl (C=O) groups is 1. The Morgan fingerprint density at radius 1 is 1.43 bits per heavy atom. The molecule has 2 aromatic heterocycles. The summed E-state index contributed by atoms with van der Waals surface area (Å²) in [5.74, 6) is 1.38. The van der Waals surface area contributed by atoms with E-state index in [1.807, 2.05) is 17.5 Å². The summed E-state index contributed by atoms with van der Waals surface area (Å²) in [5.41, 5.74) is 0. The van der Waals surface area contributed by atoms with Gasteiger partial charge in [-0.05, 0) is 30.7 Å². The van der Waals surface area contributed by atoms with Crippen molar-refractivity contribution >= 4 is 17.2 Å². The van der Waals surface area contributed by atoms with Crippen LogP contribution in [0.4, 0.5) is 0 Å². The van der Waals surface area contributed by atoms with E-state index in [2.05, 4.69) is 15.5 Å². The summed E-state index contributed by atoms with van der Waals surface area (Å²) < 4.78 is 5.22. The molecule has 0 saturated heterocycles. The number of amides is 1. The van der Waals surface area contributed by atoms with Gasteiger partial charge in [0.05, 0.1) is 4.88 Å². The number of thiophene rings is 1. The van der Waals surface area contributed by atoms with Gasteiger partial charge in [0.25, 0.3) is 0 Å². The van der Waals surface area contributed by atoms with Crippen LogP contribution in [-0.2, 0) is 11.2 Å². The third kappa shape index (κ3) is 3.91. The van der Waals surface area contributed by atoms with Gasteiger partial charge in [-0.25, -0.2) is 0 Å². The zero-order chi connectivity index (χ0) is 14.5. The molecule has 2 heterocycles. The van der Waals surface area contributed by atoms with E-state index in [0.29, 0.717) is 30.6 Å². The zero-order valence-corrected chi connectivity index (χ0v) is 12.7. The Hall–Kier alpha value is -1.69. The number of nitrogens with one attached hydrogen (secondary N) is 1. The first-order valence-electron chi connectivity index (χ1n) is 7.47. The topological polar surface area (TPSA) is 68.0 Å². The third-order valence-corrected chi connectivity index (χ3v) is 4.59. The second kappa shape index (κ2) is 6.85. The SMILES string of the molecule is O=C(CCCc1nc(-c2cccs2)no1)NC1CCCC1. The van der Waals surface area contributed by atoms with Crippen molar-refractivity contribution in [2.45, 2.75) is 51.0 Å². The van der Waals surface area contributed by atoms with Gasteiger partial charge in [-0.3, -0.25) is 4.79 Å². The van der Waals surface area contributed by atoms with Gasteiger partial charge in [0.2, 0.25) is 17.6 Å². The van der Waals surface area contributed by atoms with Gasteiger partial charge in [0.1, 0.15) is 0 Å². The highest BCUT2D eigenvalue weighted by molar-refractivity contribution is 7.13. The Bertz CT molecular complexity index is 574. The van der Waals surface area contributed by atoms with E-state index in [-0.39, 0.29) is 5.91 Å². The average Bonchev–Trinajstić information content (AvgIpc) is 3.21. The Labute approximate surface area is 127 Å². The molecule has 112 valence electrons. The fourth-order valence-corrected chi connectivity index (χ4v) is 3.28. The number of carbonyl (C=O) groups excluding carboxylic acids is 1. The Morgan fingerprint density at radius 3 is 3.05 bits per heavy atom. The van der Waals surface area contributed by atoms with Crippen molar-refractivity contribution in [1.82, 2.24) is 15.5 Å². The molecule has 0 spiro atoms. The molecule has 1 saturated carbocycles. The number of rotatable bonds is 6. The molecule has 1 aliphatic carbocycles. The highest BCUT2D eigenvalue weighted by atomic mass is 32.1. The Morgan fingerprint density at radius 2 is 2.29 bits per heavy atom. The van der Waals surface area contributed by atoms with Crippen molar-refractivity contribution < 1.29 is 9.32 Å². The summed E-state index contributed by atoms with van der Waals surface area (Å²) in [7, 11) is 0. The minimum atomic E-state index is 0.139. The minimum absolute atomic E-state index is 0.139. The maximum atomic E-state index is 11.8. The lowest BCUT2D eigenvalue weighted by Crippen LogP contribution is -2.32. The lowest BCUT2D eigenvalue weighted by Gasteiger charge is -2.11. The molecule has 0 bridgehead atoms. The molecule has 0 atom stereocenters. The van der Waals surface area contributed by atoms with Crippen molar-refractivity contribution in [3.8, 4) is 10.7 Å². The zero-order valence-electron chi connectivity index (χ0n) is 11.9. The Balaban J connectivity index is 1.42. The van der Waals surface area contributed by atoms with E-state index in [9.17, 15) is 4.79 Å². The van der Waals surface area contributed by atoms with E-state index in [4.69, 9.17) is 4.52 Å². The number of aromatic nitrogens is 2. The largest absolute Gasteiger partial charge is 0.353 e. The Kier molecular flexibility index (Phi) is 4.65.